The van der Waals surface area contributed by atoms with Crippen molar-refractivity contribution in [1.29, 1.82) is 0 Å². The van der Waals surface area contributed by atoms with Crippen LogP contribution in [0.3, 0.4) is 0 Å². The van der Waals surface area contributed by atoms with Crippen LogP contribution in [0.15, 0.2) is 10.6 Å². The Morgan fingerprint density at radius 1 is 1.50 bits per heavy atom. The molecule has 1 fully saturated rings. The minimum absolute atomic E-state index is 0.222. The first-order valence-corrected chi connectivity index (χ1v) is 11.1. The maximum atomic E-state index is 5.92. The van der Waals surface area contributed by atoms with Gasteiger partial charge < -0.3 is 14.2 Å². The van der Waals surface area contributed by atoms with Crippen molar-refractivity contribution in [2.45, 2.75) is 50.2 Å². The minimum Gasteiger partial charge on any atom is -0.371 e. The fourth-order valence-electron chi connectivity index (χ4n) is 2.20. The Labute approximate surface area is 119 Å². The van der Waals surface area contributed by atoms with Crippen molar-refractivity contribution >= 4 is 24.0 Å². The van der Waals surface area contributed by atoms with Crippen molar-refractivity contribution < 1.29 is 14.2 Å². The van der Waals surface area contributed by atoms with Crippen LogP contribution in [0.25, 0.3) is 0 Å². The molecule has 0 spiro atoms. The summed E-state index contributed by atoms with van der Waals surface area (Å²) >= 11 is 3.56. The molecule has 104 valence electrons. The lowest BCUT2D eigenvalue weighted by atomic mass is 9.84. The van der Waals surface area contributed by atoms with E-state index in [1.807, 2.05) is 0 Å². The van der Waals surface area contributed by atoms with Crippen molar-refractivity contribution in [1.82, 2.24) is 0 Å². The Morgan fingerprint density at radius 2 is 2.28 bits per heavy atom. The molecule has 5 heteroatoms. The molecule has 1 heterocycles. The Balaban J connectivity index is 1.72. The lowest BCUT2D eigenvalue weighted by molar-refractivity contribution is -0.267. The SMILES string of the molecule is C[Si](C)(C)CCOCO[C@@]12C=C(Br)CC[C@@H]1OC2. The fourth-order valence-corrected chi connectivity index (χ4v) is 3.57. The van der Waals surface area contributed by atoms with Gasteiger partial charge in [-0.25, -0.2) is 0 Å². The van der Waals surface area contributed by atoms with E-state index in [1.165, 1.54) is 10.5 Å². The number of ether oxygens (including phenoxy) is 3. The molecule has 1 saturated heterocycles. The smallest absolute Gasteiger partial charge is 0.148 e. The molecule has 0 N–H and O–H groups in total. The topological polar surface area (TPSA) is 27.7 Å². The lowest BCUT2D eigenvalue weighted by Gasteiger charge is -2.49. The summed E-state index contributed by atoms with van der Waals surface area (Å²) in [6.45, 7) is 8.90. The number of rotatable bonds is 6. The van der Waals surface area contributed by atoms with Crippen LogP contribution in [-0.4, -0.2) is 39.8 Å². The van der Waals surface area contributed by atoms with Gasteiger partial charge in [-0.3, -0.25) is 0 Å². The lowest BCUT2D eigenvalue weighted by Crippen LogP contribution is -2.60. The van der Waals surface area contributed by atoms with Crippen LogP contribution in [0.4, 0.5) is 0 Å². The molecular weight excluding hydrogens is 312 g/mol. The second-order valence-electron chi connectivity index (χ2n) is 6.37. The number of allylic oxidation sites excluding steroid dienone is 1. The normalized spacial score (nSPS) is 31.6. The zero-order valence-corrected chi connectivity index (χ0v) is 14.1. The summed E-state index contributed by atoms with van der Waals surface area (Å²) in [7, 11) is -1.00. The van der Waals surface area contributed by atoms with E-state index in [9.17, 15) is 0 Å². The molecule has 0 aromatic heterocycles. The van der Waals surface area contributed by atoms with Gasteiger partial charge in [-0.15, -0.1) is 0 Å². The van der Waals surface area contributed by atoms with Gasteiger partial charge in [0, 0.05) is 14.7 Å². The second-order valence-corrected chi connectivity index (χ2v) is 13.0. The van der Waals surface area contributed by atoms with Crippen molar-refractivity contribution in [3.05, 3.63) is 10.6 Å². The standard InChI is InChI=1S/C13H23BrO3Si/c1-18(2,3)7-6-15-10-17-13-8-11(14)4-5-12(13)16-9-13/h8,12H,4-7,9-10H2,1-3H3/t12-,13+/m0/s1. The Morgan fingerprint density at radius 3 is 2.89 bits per heavy atom. The molecule has 0 amide bonds. The first-order valence-electron chi connectivity index (χ1n) is 6.62. The molecule has 0 radical (unpaired) electrons. The predicted octanol–water partition coefficient (Wildman–Crippen LogP) is 3.53. The Kier molecular flexibility index (Phi) is 4.70. The van der Waals surface area contributed by atoms with Gasteiger partial charge >= 0.3 is 0 Å². The fraction of sp³-hybridized carbons (Fsp3) is 0.846. The van der Waals surface area contributed by atoms with Crippen molar-refractivity contribution in [3.8, 4) is 0 Å². The average Bonchev–Trinajstić information content (AvgIpc) is 2.22. The summed E-state index contributed by atoms with van der Waals surface area (Å²) in [5.41, 5.74) is -0.226. The van der Waals surface area contributed by atoms with E-state index < -0.39 is 8.07 Å². The molecule has 2 atom stereocenters. The third-order valence-corrected chi connectivity index (χ3v) is 5.84. The molecule has 0 aromatic carbocycles. The summed E-state index contributed by atoms with van der Waals surface area (Å²) < 4.78 is 18.3. The van der Waals surface area contributed by atoms with Gasteiger partial charge in [-0.1, -0.05) is 35.6 Å². The zero-order chi connectivity index (χ0) is 13.2. The number of hydrogen-bond acceptors (Lipinski definition) is 3. The predicted molar refractivity (Wildman–Crippen MR) is 78.8 cm³/mol. The van der Waals surface area contributed by atoms with Crippen molar-refractivity contribution in [3.63, 3.8) is 0 Å². The van der Waals surface area contributed by atoms with Gasteiger partial charge in [-0.05, 0) is 29.4 Å². The van der Waals surface area contributed by atoms with E-state index >= 15 is 0 Å². The Hall–Kier alpha value is 0.317. The Bertz CT molecular complexity index is 327. The van der Waals surface area contributed by atoms with E-state index in [0.29, 0.717) is 13.4 Å². The number of halogens is 1. The van der Waals surface area contributed by atoms with Crippen molar-refractivity contribution in [2.24, 2.45) is 0 Å². The summed E-state index contributed by atoms with van der Waals surface area (Å²) in [5.74, 6) is 0. The molecule has 0 unspecified atom stereocenters. The van der Waals surface area contributed by atoms with Gasteiger partial charge in [0.15, 0.2) is 0 Å². The number of fused-ring (bicyclic) bond motifs is 1. The van der Waals surface area contributed by atoms with Gasteiger partial charge in [0.05, 0.1) is 12.7 Å². The van der Waals surface area contributed by atoms with E-state index in [0.717, 1.165) is 19.4 Å². The summed E-state index contributed by atoms with van der Waals surface area (Å²) in [4.78, 5) is 0. The maximum absolute atomic E-state index is 5.92. The zero-order valence-electron chi connectivity index (χ0n) is 11.5. The average molecular weight is 335 g/mol. The molecule has 2 rings (SSSR count). The van der Waals surface area contributed by atoms with Gasteiger partial charge in [-0.2, -0.15) is 0 Å². The third kappa shape index (κ3) is 3.67. The highest BCUT2D eigenvalue weighted by atomic mass is 79.9. The first kappa shape index (κ1) is 14.7. The third-order valence-electron chi connectivity index (χ3n) is 3.51. The molecule has 1 aliphatic heterocycles. The van der Waals surface area contributed by atoms with Gasteiger partial charge in [0.25, 0.3) is 0 Å². The number of hydrogen-bond donors (Lipinski definition) is 0. The van der Waals surface area contributed by atoms with E-state index in [-0.39, 0.29) is 11.7 Å². The highest BCUT2D eigenvalue weighted by Gasteiger charge is 2.50. The molecule has 3 nitrogen and oxygen atoms in total. The molecule has 2 aliphatic rings. The molecule has 0 bridgehead atoms. The molecule has 1 aliphatic carbocycles. The highest BCUT2D eigenvalue weighted by Crippen LogP contribution is 2.41. The van der Waals surface area contributed by atoms with Crippen LogP contribution in [-0.2, 0) is 14.2 Å². The largest absolute Gasteiger partial charge is 0.371 e. The summed E-state index contributed by atoms with van der Waals surface area (Å²) in [6, 6.07) is 1.18. The van der Waals surface area contributed by atoms with Crippen LogP contribution in [0.2, 0.25) is 25.7 Å². The summed E-state index contributed by atoms with van der Waals surface area (Å²) in [6.07, 6.45) is 4.46. The van der Waals surface area contributed by atoms with E-state index in [2.05, 4.69) is 41.6 Å². The molecule has 18 heavy (non-hydrogen) atoms. The van der Waals surface area contributed by atoms with Crippen LogP contribution in [0, 0.1) is 0 Å². The van der Waals surface area contributed by atoms with Gasteiger partial charge in [0.1, 0.15) is 12.4 Å². The highest BCUT2D eigenvalue weighted by molar-refractivity contribution is 9.11. The molecule has 0 aromatic rings. The first-order chi connectivity index (χ1) is 8.41. The van der Waals surface area contributed by atoms with E-state index in [4.69, 9.17) is 14.2 Å². The van der Waals surface area contributed by atoms with Gasteiger partial charge in [0.2, 0.25) is 0 Å². The van der Waals surface area contributed by atoms with Crippen LogP contribution in [0.5, 0.6) is 0 Å². The summed E-state index contributed by atoms with van der Waals surface area (Å²) in [5, 5.41) is 0. The quantitative estimate of drug-likeness (QED) is 0.422. The van der Waals surface area contributed by atoms with Crippen LogP contribution < -0.4 is 0 Å². The molecular formula is C13H23BrO3Si. The van der Waals surface area contributed by atoms with Crippen LogP contribution in [0.1, 0.15) is 12.8 Å². The van der Waals surface area contributed by atoms with Crippen LogP contribution >= 0.6 is 15.9 Å². The monoisotopic (exact) mass is 334 g/mol. The molecule has 0 saturated carbocycles. The maximum Gasteiger partial charge on any atom is 0.148 e. The second kappa shape index (κ2) is 5.75. The minimum atomic E-state index is -1.00. The van der Waals surface area contributed by atoms with E-state index in [1.54, 1.807) is 0 Å². The van der Waals surface area contributed by atoms with Crippen molar-refractivity contribution in [2.75, 3.05) is 20.0 Å².